The molecule has 21 heavy (non-hydrogen) atoms. The summed E-state index contributed by atoms with van der Waals surface area (Å²) in [7, 11) is 0. The highest BCUT2D eigenvalue weighted by molar-refractivity contribution is 7.10. The first-order valence-electron chi connectivity index (χ1n) is 7.41. The van der Waals surface area contributed by atoms with Crippen molar-refractivity contribution >= 4 is 17.2 Å². The molecule has 0 aromatic carbocycles. The van der Waals surface area contributed by atoms with E-state index in [1.54, 1.807) is 17.5 Å². The van der Waals surface area contributed by atoms with Gasteiger partial charge in [-0.25, -0.2) is 0 Å². The van der Waals surface area contributed by atoms with Crippen molar-refractivity contribution < 1.29 is 4.79 Å². The minimum Gasteiger partial charge on any atom is -0.341 e. The number of hydrogen-bond donors (Lipinski definition) is 1. The standard InChI is InChI=1S/C16H21N3OS/c1-16(2,14-6-4-10-21-14)15(20)19-9-3-5-12(11-19)13-7-8-17-18-13/h4,6-8,10,12H,3,5,9,11H2,1-2H3,(H,17,18). The number of amides is 1. The maximum atomic E-state index is 12.9. The number of carbonyl (C=O) groups excluding carboxylic acids is 1. The fourth-order valence-electron chi connectivity index (χ4n) is 3.04. The molecular weight excluding hydrogens is 282 g/mol. The van der Waals surface area contributed by atoms with Gasteiger partial charge in [0, 0.05) is 35.8 Å². The van der Waals surface area contributed by atoms with Gasteiger partial charge in [-0.3, -0.25) is 9.89 Å². The summed E-state index contributed by atoms with van der Waals surface area (Å²) < 4.78 is 0. The topological polar surface area (TPSA) is 49.0 Å². The SMILES string of the molecule is CC(C)(C(=O)N1CCCC(c2ccn[nH]2)C1)c1cccs1. The summed E-state index contributed by atoms with van der Waals surface area (Å²) in [6.45, 7) is 5.70. The summed E-state index contributed by atoms with van der Waals surface area (Å²) in [5.41, 5.74) is 0.700. The van der Waals surface area contributed by atoms with E-state index in [0.717, 1.165) is 36.5 Å². The van der Waals surface area contributed by atoms with E-state index in [1.165, 1.54) is 0 Å². The zero-order chi connectivity index (χ0) is 14.9. The second kappa shape index (κ2) is 5.64. The molecule has 0 radical (unpaired) electrons. The van der Waals surface area contributed by atoms with Gasteiger partial charge in [0.2, 0.25) is 5.91 Å². The molecule has 0 aliphatic carbocycles. The highest BCUT2D eigenvalue weighted by atomic mass is 32.1. The predicted octanol–water partition coefficient (Wildman–Crippen LogP) is 3.16. The number of aromatic nitrogens is 2. The molecule has 3 rings (SSSR count). The average Bonchev–Trinajstić information content (AvgIpc) is 3.19. The lowest BCUT2D eigenvalue weighted by molar-refractivity contribution is -0.137. The van der Waals surface area contributed by atoms with Crippen LogP contribution >= 0.6 is 11.3 Å². The molecule has 1 atom stereocenters. The monoisotopic (exact) mass is 303 g/mol. The Morgan fingerprint density at radius 3 is 3.00 bits per heavy atom. The number of nitrogens with zero attached hydrogens (tertiary/aromatic N) is 2. The van der Waals surface area contributed by atoms with E-state index in [4.69, 9.17) is 0 Å². The van der Waals surface area contributed by atoms with Gasteiger partial charge in [0.15, 0.2) is 0 Å². The Morgan fingerprint density at radius 2 is 2.33 bits per heavy atom. The molecule has 4 nitrogen and oxygen atoms in total. The molecule has 112 valence electrons. The minimum absolute atomic E-state index is 0.231. The molecule has 1 saturated heterocycles. The second-order valence-corrected chi connectivity index (χ2v) is 7.15. The number of likely N-dealkylation sites (tertiary alicyclic amines) is 1. The zero-order valence-electron chi connectivity index (χ0n) is 12.5. The van der Waals surface area contributed by atoms with Crippen molar-refractivity contribution in [3.8, 4) is 0 Å². The molecule has 1 aliphatic rings. The van der Waals surface area contributed by atoms with Crippen LogP contribution in [0.2, 0.25) is 0 Å². The van der Waals surface area contributed by atoms with Gasteiger partial charge in [0.25, 0.3) is 0 Å². The Balaban J connectivity index is 1.75. The van der Waals surface area contributed by atoms with E-state index in [2.05, 4.69) is 16.3 Å². The third kappa shape index (κ3) is 2.75. The van der Waals surface area contributed by atoms with Crippen LogP contribution in [0.4, 0.5) is 0 Å². The summed E-state index contributed by atoms with van der Waals surface area (Å²) in [5.74, 6) is 0.610. The van der Waals surface area contributed by atoms with Crippen LogP contribution in [-0.4, -0.2) is 34.1 Å². The first kappa shape index (κ1) is 14.3. The third-order valence-electron chi connectivity index (χ3n) is 4.34. The summed E-state index contributed by atoms with van der Waals surface area (Å²) >= 11 is 1.66. The lowest BCUT2D eigenvalue weighted by Crippen LogP contribution is -2.47. The van der Waals surface area contributed by atoms with E-state index in [-0.39, 0.29) is 5.91 Å². The fraction of sp³-hybridized carbons (Fsp3) is 0.500. The number of thiophene rings is 1. The van der Waals surface area contributed by atoms with E-state index in [9.17, 15) is 4.79 Å². The number of carbonyl (C=O) groups is 1. The molecule has 1 unspecified atom stereocenters. The molecule has 1 N–H and O–H groups in total. The first-order chi connectivity index (χ1) is 10.1. The minimum atomic E-state index is -0.440. The molecule has 1 fully saturated rings. The molecule has 3 heterocycles. The molecular formula is C16H21N3OS. The molecule has 1 amide bonds. The van der Waals surface area contributed by atoms with Crippen LogP contribution in [0.15, 0.2) is 29.8 Å². The zero-order valence-corrected chi connectivity index (χ0v) is 13.3. The molecule has 0 saturated carbocycles. The smallest absolute Gasteiger partial charge is 0.233 e. The lowest BCUT2D eigenvalue weighted by atomic mass is 9.87. The molecule has 2 aromatic heterocycles. The van der Waals surface area contributed by atoms with Crippen molar-refractivity contribution in [2.24, 2.45) is 0 Å². The first-order valence-corrected chi connectivity index (χ1v) is 8.29. The largest absolute Gasteiger partial charge is 0.341 e. The van der Waals surface area contributed by atoms with E-state index < -0.39 is 5.41 Å². The van der Waals surface area contributed by atoms with Crippen LogP contribution in [0.3, 0.4) is 0 Å². The highest BCUT2D eigenvalue weighted by Crippen LogP contribution is 2.33. The van der Waals surface area contributed by atoms with Crippen molar-refractivity contribution in [3.05, 3.63) is 40.3 Å². The second-order valence-electron chi connectivity index (χ2n) is 6.20. The Labute approximate surface area is 129 Å². The van der Waals surface area contributed by atoms with Crippen LogP contribution in [0.1, 0.15) is 43.2 Å². The van der Waals surface area contributed by atoms with Crippen LogP contribution < -0.4 is 0 Å². The quantitative estimate of drug-likeness (QED) is 0.947. The Morgan fingerprint density at radius 1 is 1.48 bits per heavy atom. The molecule has 2 aromatic rings. The van der Waals surface area contributed by atoms with Gasteiger partial charge in [0.1, 0.15) is 0 Å². The molecule has 0 bridgehead atoms. The van der Waals surface area contributed by atoms with Crippen LogP contribution in [0, 0.1) is 0 Å². The van der Waals surface area contributed by atoms with Crippen molar-refractivity contribution in [1.82, 2.24) is 15.1 Å². The molecule has 5 heteroatoms. The van der Waals surface area contributed by atoms with Crippen LogP contribution in [-0.2, 0) is 10.2 Å². The molecule has 1 aliphatic heterocycles. The van der Waals surface area contributed by atoms with Gasteiger partial charge < -0.3 is 4.90 Å². The number of rotatable bonds is 3. The Hall–Kier alpha value is -1.62. The maximum Gasteiger partial charge on any atom is 0.233 e. The van der Waals surface area contributed by atoms with Crippen LogP contribution in [0.25, 0.3) is 0 Å². The van der Waals surface area contributed by atoms with Gasteiger partial charge in [-0.1, -0.05) is 6.07 Å². The van der Waals surface area contributed by atoms with E-state index in [1.807, 2.05) is 36.3 Å². The van der Waals surface area contributed by atoms with Crippen LogP contribution in [0.5, 0.6) is 0 Å². The fourth-order valence-corrected chi connectivity index (χ4v) is 3.89. The number of H-pyrrole nitrogens is 1. The predicted molar refractivity (Wildman–Crippen MR) is 84.5 cm³/mol. The Kier molecular flexibility index (Phi) is 3.85. The van der Waals surface area contributed by atoms with Crippen molar-refractivity contribution in [2.45, 2.75) is 38.0 Å². The summed E-state index contributed by atoms with van der Waals surface area (Å²) in [4.78, 5) is 16.1. The van der Waals surface area contributed by atoms with Gasteiger partial charge in [0.05, 0.1) is 5.41 Å². The average molecular weight is 303 g/mol. The number of nitrogens with one attached hydrogen (secondary N) is 1. The number of hydrogen-bond acceptors (Lipinski definition) is 3. The van der Waals surface area contributed by atoms with Crippen molar-refractivity contribution in [2.75, 3.05) is 13.1 Å². The number of aromatic amines is 1. The van der Waals surface area contributed by atoms with Gasteiger partial charge in [-0.2, -0.15) is 5.10 Å². The third-order valence-corrected chi connectivity index (χ3v) is 5.54. The summed E-state index contributed by atoms with van der Waals surface area (Å²) in [6.07, 6.45) is 3.95. The highest BCUT2D eigenvalue weighted by Gasteiger charge is 2.36. The van der Waals surface area contributed by atoms with Crippen molar-refractivity contribution in [3.63, 3.8) is 0 Å². The van der Waals surface area contributed by atoms with E-state index in [0.29, 0.717) is 5.92 Å². The van der Waals surface area contributed by atoms with Gasteiger partial charge >= 0.3 is 0 Å². The van der Waals surface area contributed by atoms with Gasteiger partial charge in [-0.15, -0.1) is 11.3 Å². The molecule has 0 spiro atoms. The summed E-state index contributed by atoms with van der Waals surface area (Å²) in [6, 6.07) is 6.08. The van der Waals surface area contributed by atoms with E-state index >= 15 is 0 Å². The van der Waals surface area contributed by atoms with Gasteiger partial charge in [-0.05, 0) is 44.2 Å². The normalized spacial score (nSPS) is 19.7. The number of piperidine rings is 1. The Bertz CT molecular complexity index is 589. The lowest BCUT2D eigenvalue weighted by Gasteiger charge is -2.37. The summed E-state index contributed by atoms with van der Waals surface area (Å²) in [5, 5.41) is 9.11. The van der Waals surface area contributed by atoms with Crippen molar-refractivity contribution in [1.29, 1.82) is 0 Å². The maximum absolute atomic E-state index is 12.9.